The van der Waals surface area contributed by atoms with Gasteiger partial charge in [0.2, 0.25) is 0 Å². The van der Waals surface area contributed by atoms with Crippen LogP contribution in [0.25, 0.3) is 0 Å². The zero-order valence-electron chi connectivity index (χ0n) is 8.79. The number of aliphatic hydroxyl groups excluding tert-OH is 2. The second-order valence-electron chi connectivity index (χ2n) is 3.38. The van der Waals surface area contributed by atoms with Crippen molar-refractivity contribution >= 4 is 5.78 Å². The van der Waals surface area contributed by atoms with Gasteiger partial charge in [-0.05, 0) is 12.1 Å². The Morgan fingerprint density at radius 1 is 1.56 bits per heavy atom. The molecule has 5 nitrogen and oxygen atoms in total. The fourth-order valence-corrected chi connectivity index (χ4v) is 1.21. The quantitative estimate of drug-likeness (QED) is 0.724. The first-order valence-electron chi connectivity index (χ1n) is 4.77. The Morgan fingerprint density at radius 2 is 2.25 bits per heavy atom. The van der Waals surface area contributed by atoms with E-state index < -0.39 is 12.2 Å². The van der Waals surface area contributed by atoms with Crippen LogP contribution in [0.3, 0.4) is 0 Å². The highest BCUT2D eigenvalue weighted by Crippen LogP contribution is 2.17. The van der Waals surface area contributed by atoms with E-state index in [1.54, 1.807) is 12.1 Å². The smallest absolute Gasteiger partial charge is 0.178 e. The van der Waals surface area contributed by atoms with E-state index in [2.05, 4.69) is 4.98 Å². The second-order valence-corrected chi connectivity index (χ2v) is 3.38. The lowest BCUT2D eigenvalue weighted by Crippen LogP contribution is -2.19. The summed E-state index contributed by atoms with van der Waals surface area (Å²) in [7, 11) is 0. The number of carbonyl (C=O) groups excluding carboxylic acids is 1. The molecule has 0 fully saturated rings. The molecule has 0 saturated carbocycles. The van der Waals surface area contributed by atoms with E-state index in [-0.39, 0.29) is 23.6 Å². The standard InChI is InChI=1S/C11H12N2O3/c1-7(14)8-3-2-4-9(13-8)11(16)10(15)5-6-12/h2-4,10-11,15-16H,5H2,1H3. The van der Waals surface area contributed by atoms with Crippen molar-refractivity contribution in [3.63, 3.8) is 0 Å². The molecule has 0 aliphatic rings. The zero-order valence-corrected chi connectivity index (χ0v) is 8.79. The normalized spacial score (nSPS) is 13.9. The number of ketones is 1. The molecule has 2 unspecified atom stereocenters. The highest BCUT2D eigenvalue weighted by Gasteiger charge is 2.19. The number of hydrogen-bond donors (Lipinski definition) is 2. The minimum absolute atomic E-state index is 0.187. The molecule has 0 aliphatic carbocycles. The number of aromatic nitrogens is 1. The Kier molecular flexibility index (Phi) is 4.11. The number of Topliss-reactive ketones (excluding diaryl/α,β-unsaturated/α-hetero) is 1. The number of carbonyl (C=O) groups is 1. The largest absolute Gasteiger partial charge is 0.389 e. The number of nitrogens with zero attached hydrogens (tertiary/aromatic N) is 2. The Balaban J connectivity index is 2.92. The third-order valence-corrected chi connectivity index (χ3v) is 2.10. The van der Waals surface area contributed by atoms with Gasteiger partial charge in [-0.15, -0.1) is 0 Å². The Bertz CT molecular complexity index is 425. The molecule has 0 radical (unpaired) electrons. The first-order chi connectivity index (χ1) is 7.56. The predicted octanol–water partition coefficient (Wildman–Crippen LogP) is 0.592. The molecule has 1 rings (SSSR count). The van der Waals surface area contributed by atoms with Gasteiger partial charge in [0.1, 0.15) is 11.8 Å². The molecule has 0 amide bonds. The van der Waals surface area contributed by atoms with Gasteiger partial charge in [0, 0.05) is 6.92 Å². The number of nitriles is 1. The summed E-state index contributed by atoms with van der Waals surface area (Å²) in [5.74, 6) is -0.219. The van der Waals surface area contributed by atoms with E-state index in [1.165, 1.54) is 19.1 Å². The minimum atomic E-state index is -1.25. The highest BCUT2D eigenvalue weighted by molar-refractivity contribution is 5.92. The summed E-state index contributed by atoms with van der Waals surface area (Å²) >= 11 is 0. The summed E-state index contributed by atoms with van der Waals surface area (Å²) < 4.78 is 0. The van der Waals surface area contributed by atoms with Gasteiger partial charge in [0.05, 0.1) is 24.3 Å². The lowest BCUT2D eigenvalue weighted by Gasteiger charge is -2.14. The van der Waals surface area contributed by atoms with Gasteiger partial charge in [0.25, 0.3) is 0 Å². The van der Waals surface area contributed by atoms with E-state index in [4.69, 9.17) is 5.26 Å². The molecular formula is C11H12N2O3. The summed E-state index contributed by atoms with van der Waals surface area (Å²) in [5, 5.41) is 27.4. The van der Waals surface area contributed by atoms with E-state index >= 15 is 0 Å². The van der Waals surface area contributed by atoms with Gasteiger partial charge in [-0.25, -0.2) is 4.98 Å². The molecular weight excluding hydrogens is 208 g/mol. The van der Waals surface area contributed by atoms with Crippen molar-refractivity contribution in [2.45, 2.75) is 25.6 Å². The molecule has 2 atom stereocenters. The number of hydrogen-bond acceptors (Lipinski definition) is 5. The van der Waals surface area contributed by atoms with E-state index in [1.807, 2.05) is 0 Å². The highest BCUT2D eigenvalue weighted by atomic mass is 16.3. The van der Waals surface area contributed by atoms with Gasteiger partial charge in [-0.2, -0.15) is 5.26 Å². The van der Waals surface area contributed by atoms with E-state index in [0.29, 0.717) is 0 Å². The van der Waals surface area contributed by atoms with Crippen molar-refractivity contribution in [2.75, 3.05) is 0 Å². The second kappa shape index (κ2) is 5.35. The molecule has 2 N–H and O–H groups in total. The molecule has 84 valence electrons. The Labute approximate surface area is 93.0 Å². The number of aliphatic hydroxyl groups is 2. The van der Waals surface area contributed by atoms with Gasteiger partial charge in [-0.3, -0.25) is 4.79 Å². The van der Waals surface area contributed by atoms with Crippen LogP contribution in [0.15, 0.2) is 18.2 Å². The molecule has 0 aliphatic heterocycles. The van der Waals surface area contributed by atoms with Crippen LogP contribution in [0.5, 0.6) is 0 Å². The average Bonchev–Trinajstić information content (AvgIpc) is 2.28. The summed E-state index contributed by atoms with van der Waals surface area (Å²) in [5.41, 5.74) is 0.413. The van der Waals surface area contributed by atoms with Crippen LogP contribution >= 0.6 is 0 Å². The Morgan fingerprint density at radius 3 is 2.81 bits per heavy atom. The van der Waals surface area contributed by atoms with Crippen LogP contribution in [-0.4, -0.2) is 27.1 Å². The van der Waals surface area contributed by atoms with Gasteiger partial charge in [-0.1, -0.05) is 6.07 Å². The topological polar surface area (TPSA) is 94.2 Å². The molecule has 0 spiro atoms. The molecule has 1 aromatic heterocycles. The summed E-state index contributed by atoms with van der Waals surface area (Å²) in [6.45, 7) is 1.37. The van der Waals surface area contributed by atoms with E-state index in [9.17, 15) is 15.0 Å². The lowest BCUT2D eigenvalue weighted by molar-refractivity contribution is 0.0189. The van der Waals surface area contributed by atoms with Crippen LogP contribution in [0.4, 0.5) is 0 Å². The van der Waals surface area contributed by atoms with Crippen molar-refractivity contribution in [2.24, 2.45) is 0 Å². The number of rotatable bonds is 4. The van der Waals surface area contributed by atoms with Crippen LogP contribution in [0, 0.1) is 11.3 Å². The van der Waals surface area contributed by atoms with Crippen molar-refractivity contribution in [1.82, 2.24) is 4.98 Å². The summed E-state index contributed by atoms with van der Waals surface area (Å²) in [4.78, 5) is 15.0. The van der Waals surface area contributed by atoms with Crippen LogP contribution in [0.1, 0.15) is 35.6 Å². The maximum atomic E-state index is 11.1. The molecule has 5 heteroatoms. The first kappa shape index (κ1) is 12.3. The monoisotopic (exact) mass is 220 g/mol. The van der Waals surface area contributed by atoms with Crippen LogP contribution in [0.2, 0.25) is 0 Å². The first-order valence-corrected chi connectivity index (χ1v) is 4.77. The lowest BCUT2D eigenvalue weighted by atomic mass is 10.1. The van der Waals surface area contributed by atoms with Crippen molar-refractivity contribution in [3.8, 4) is 6.07 Å². The molecule has 0 aromatic carbocycles. The van der Waals surface area contributed by atoms with Crippen molar-refractivity contribution in [3.05, 3.63) is 29.6 Å². The maximum absolute atomic E-state index is 11.1. The molecule has 1 aromatic rings. The molecule has 16 heavy (non-hydrogen) atoms. The average molecular weight is 220 g/mol. The predicted molar refractivity (Wildman–Crippen MR) is 55.4 cm³/mol. The fraction of sp³-hybridized carbons (Fsp3) is 0.364. The van der Waals surface area contributed by atoms with Gasteiger partial charge >= 0.3 is 0 Å². The number of pyridine rings is 1. The minimum Gasteiger partial charge on any atom is -0.389 e. The molecule has 0 saturated heterocycles. The van der Waals surface area contributed by atoms with Gasteiger partial charge in [0.15, 0.2) is 5.78 Å². The third kappa shape index (κ3) is 2.86. The van der Waals surface area contributed by atoms with Crippen molar-refractivity contribution < 1.29 is 15.0 Å². The fourth-order valence-electron chi connectivity index (χ4n) is 1.21. The Hall–Kier alpha value is -1.77. The maximum Gasteiger partial charge on any atom is 0.178 e. The summed E-state index contributed by atoms with van der Waals surface area (Å²) in [6, 6.07) is 6.34. The molecule has 0 bridgehead atoms. The van der Waals surface area contributed by atoms with Crippen molar-refractivity contribution in [1.29, 1.82) is 5.26 Å². The van der Waals surface area contributed by atoms with E-state index in [0.717, 1.165) is 0 Å². The van der Waals surface area contributed by atoms with Crippen LogP contribution in [-0.2, 0) is 0 Å². The molecule has 1 heterocycles. The third-order valence-electron chi connectivity index (χ3n) is 2.10. The SMILES string of the molecule is CC(=O)c1cccc(C(O)C(O)CC#N)n1. The van der Waals surface area contributed by atoms with Crippen LogP contribution < -0.4 is 0 Å². The zero-order chi connectivity index (χ0) is 12.1. The van der Waals surface area contributed by atoms with Gasteiger partial charge < -0.3 is 10.2 Å². The summed E-state index contributed by atoms with van der Waals surface area (Å²) in [6.07, 6.45) is -2.63.